The van der Waals surface area contributed by atoms with E-state index in [4.69, 9.17) is 26.5 Å². The first-order chi connectivity index (χ1) is 23.3. The Kier molecular flexibility index (Phi) is 9.20. The average molecular weight is 670 g/mol. The lowest BCUT2D eigenvalue weighted by atomic mass is 9.97. The van der Waals surface area contributed by atoms with Gasteiger partial charge < -0.3 is 19.7 Å². The van der Waals surface area contributed by atoms with Gasteiger partial charge in [0.1, 0.15) is 11.4 Å². The number of aromatic nitrogens is 3. The van der Waals surface area contributed by atoms with Gasteiger partial charge in [0.05, 0.1) is 23.5 Å². The summed E-state index contributed by atoms with van der Waals surface area (Å²) in [6, 6.07) is 10.6. The fraction of sp³-hybridized carbons (Fsp3) is 0.432. The van der Waals surface area contributed by atoms with Crippen LogP contribution in [0.15, 0.2) is 41.1 Å². The van der Waals surface area contributed by atoms with E-state index in [2.05, 4.69) is 41.5 Å². The normalized spacial score (nSPS) is 19.5. The van der Waals surface area contributed by atoms with Gasteiger partial charge in [-0.05, 0) is 99.4 Å². The van der Waals surface area contributed by atoms with E-state index < -0.39 is 5.97 Å². The summed E-state index contributed by atoms with van der Waals surface area (Å²) < 4.78 is 10.3. The van der Waals surface area contributed by atoms with Crippen LogP contribution in [0.4, 0.5) is 5.69 Å². The molecule has 3 aliphatic rings. The van der Waals surface area contributed by atoms with Gasteiger partial charge in [-0.3, -0.25) is 14.6 Å². The zero-order valence-corrected chi connectivity index (χ0v) is 28.8. The molecule has 7 rings (SSSR count). The number of benzene rings is 2. The van der Waals surface area contributed by atoms with Crippen molar-refractivity contribution in [3.05, 3.63) is 80.4 Å². The second kappa shape index (κ2) is 13.7. The predicted octanol–water partition coefficient (Wildman–Crippen LogP) is 6.29. The minimum absolute atomic E-state index is 0.293. The van der Waals surface area contributed by atoms with Crippen LogP contribution in [-0.2, 0) is 46.3 Å². The van der Waals surface area contributed by atoms with Gasteiger partial charge in [-0.25, -0.2) is 4.79 Å². The molecule has 0 amide bonds. The number of nitrogens with zero attached hydrogens (tertiary/aromatic N) is 6. The Labute approximate surface area is 286 Å². The van der Waals surface area contributed by atoms with Crippen molar-refractivity contribution in [3.63, 3.8) is 0 Å². The molecule has 0 aliphatic carbocycles. The molecule has 11 heteroatoms. The molecule has 0 saturated carbocycles. The van der Waals surface area contributed by atoms with E-state index in [9.17, 15) is 9.90 Å². The fourth-order valence-electron chi connectivity index (χ4n) is 7.51. The van der Waals surface area contributed by atoms with Gasteiger partial charge in [-0.2, -0.15) is 10.2 Å². The lowest BCUT2D eigenvalue weighted by Crippen LogP contribution is -2.21. The molecule has 5 heterocycles. The molecule has 1 fully saturated rings. The zero-order valence-electron chi connectivity index (χ0n) is 28.1. The Morgan fingerprint density at radius 1 is 1.02 bits per heavy atom. The highest BCUT2D eigenvalue weighted by Gasteiger charge is 2.25. The van der Waals surface area contributed by atoms with Crippen molar-refractivity contribution >= 4 is 46.5 Å². The first-order valence-corrected chi connectivity index (χ1v) is 17.4. The van der Waals surface area contributed by atoms with Crippen LogP contribution >= 0.6 is 11.6 Å². The molecule has 3 aliphatic heterocycles. The number of hydrogen-bond donors (Lipinski definition) is 2. The van der Waals surface area contributed by atoms with E-state index in [-0.39, 0.29) is 0 Å². The SMILES string of the molecule is CN1C/C=N/N2CCC/C2=C\c2c(Cl)ccc3c(c(C(=O)O)n(C)c23)CCCOc2cc(cc3c2NCCC3)CCc2cc(nn2C)C1. The smallest absolute Gasteiger partial charge is 0.352 e. The topological polar surface area (TPSA) is 100 Å². The largest absolute Gasteiger partial charge is 0.491 e. The summed E-state index contributed by atoms with van der Waals surface area (Å²) >= 11 is 6.85. The van der Waals surface area contributed by atoms with Crippen molar-refractivity contribution in [2.45, 2.75) is 57.9 Å². The summed E-state index contributed by atoms with van der Waals surface area (Å²) in [7, 11) is 5.93. The molecule has 252 valence electrons. The minimum Gasteiger partial charge on any atom is -0.491 e. The van der Waals surface area contributed by atoms with E-state index in [0.29, 0.717) is 36.7 Å². The monoisotopic (exact) mass is 669 g/mol. The number of hydrogen-bond acceptors (Lipinski definition) is 7. The Balaban J connectivity index is 1.27. The standard InChI is InChI=1S/C37H44ClN7O3/c1-42-17-15-40-45-16-5-8-28(45)22-31-32(38)13-12-30-29(36(37(46)47)43(2)35(30)31)9-6-18-48-33-20-24(19-25-7-4-14-39-34(25)33)10-11-27-21-26(23-42)41-44(27)3/h12-13,15,19-22,39H,4-11,14,16-18,23H2,1-3H3,(H,46,47)/b28-22+,40-15+. The lowest BCUT2D eigenvalue weighted by molar-refractivity contribution is 0.0685. The zero-order chi connectivity index (χ0) is 33.4. The molecule has 2 aromatic heterocycles. The summed E-state index contributed by atoms with van der Waals surface area (Å²) in [5, 5.41) is 27.1. The van der Waals surface area contributed by atoms with Crippen LogP contribution in [0, 0.1) is 0 Å². The molecule has 0 atom stereocenters. The molecule has 8 bridgehead atoms. The number of carbonyl (C=O) groups is 1. The quantitative estimate of drug-likeness (QED) is 0.246. The number of fused-ring (bicyclic) bond motifs is 7. The number of anilines is 1. The Morgan fingerprint density at radius 2 is 1.90 bits per heavy atom. The first-order valence-electron chi connectivity index (χ1n) is 17.0. The van der Waals surface area contributed by atoms with E-state index in [1.54, 1.807) is 4.57 Å². The highest BCUT2D eigenvalue weighted by atomic mass is 35.5. The van der Waals surface area contributed by atoms with Gasteiger partial charge in [-0.1, -0.05) is 23.7 Å². The molecule has 10 nitrogen and oxygen atoms in total. The molecule has 0 unspecified atom stereocenters. The number of nitrogens with one attached hydrogen (secondary N) is 1. The minimum atomic E-state index is -0.945. The highest BCUT2D eigenvalue weighted by molar-refractivity contribution is 6.33. The Bertz CT molecular complexity index is 1920. The number of ether oxygens (including phenoxy) is 1. The number of halogens is 1. The summed E-state index contributed by atoms with van der Waals surface area (Å²) in [5.41, 5.74) is 9.71. The van der Waals surface area contributed by atoms with E-state index >= 15 is 0 Å². The second-order valence-corrected chi connectivity index (χ2v) is 13.7. The second-order valence-electron chi connectivity index (χ2n) is 13.3. The van der Waals surface area contributed by atoms with Crippen LogP contribution in [0.2, 0.25) is 5.02 Å². The van der Waals surface area contributed by atoms with Crippen LogP contribution in [-0.4, -0.2) is 74.8 Å². The van der Waals surface area contributed by atoms with Crippen molar-refractivity contribution in [2.75, 3.05) is 38.6 Å². The third-order valence-electron chi connectivity index (χ3n) is 9.83. The maximum absolute atomic E-state index is 12.7. The fourth-order valence-corrected chi connectivity index (χ4v) is 7.71. The number of aryl methyl sites for hydroxylation is 6. The lowest BCUT2D eigenvalue weighted by Gasteiger charge is -2.23. The molecular weight excluding hydrogens is 626 g/mol. The predicted molar refractivity (Wildman–Crippen MR) is 191 cm³/mol. The van der Waals surface area contributed by atoms with Crippen LogP contribution in [0.25, 0.3) is 17.0 Å². The molecule has 2 N–H and O–H groups in total. The number of aromatic carboxylic acids is 1. The molecular formula is C37H44ClN7O3. The Hall–Kier alpha value is -4.28. The average Bonchev–Trinajstić information content (AvgIpc) is 3.73. The number of hydrazone groups is 1. The van der Waals surface area contributed by atoms with Crippen LogP contribution in [0.1, 0.15) is 69.8 Å². The van der Waals surface area contributed by atoms with E-state index in [0.717, 1.165) is 103 Å². The van der Waals surface area contributed by atoms with Gasteiger partial charge in [-0.15, -0.1) is 0 Å². The van der Waals surface area contributed by atoms with Crippen LogP contribution < -0.4 is 10.1 Å². The summed E-state index contributed by atoms with van der Waals surface area (Å²) in [5.74, 6) is -0.0665. The molecule has 4 aromatic rings. The molecule has 1 saturated heterocycles. The Morgan fingerprint density at radius 3 is 2.75 bits per heavy atom. The van der Waals surface area contributed by atoms with E-state index in [1.165, 1.54) is 16.8 Å². The maximum Gasteiger partial charge on any atom is 0.352 e. The van der Waals surface area contributed by atoms with Crippen molar-refractivity contribution in [3.8, 4) is 5.75 Å². The van der Waals surface area contributed by atoms with Gasteiger partial charge in [0.25, 0.3) is 0 Å². The van der Waals surface area contributed by atoms with Gasteiger partial charge >= 0.3 is 5.97 Å². The molecule has 0 spiro atoms. The van der Waals surface area contributed by atoms with Gasteiger partial charge in [0, 0.05) is 73.9 Å². The van der Waals surface area contributed by atoms with Crippen molar-refractivity contribution in [2.24, 2.45) is 19.2 Å². The number of carboxylic acid groups (broad SMARTS) is 1. The van der Waals surface area contributed by atoms with Crippen LogP contribution in [0.5, 0.6) is 5.75 Å². The maximum atomic E-state index is 12.7. The third kappa shape index (κ3) is 6.43. The summed E-state index contributed by atoms with van der Waals surface area (Å²) in [6.07, 6.45) is 11.0. The third-order valence-corrected chi connectivity index (χ3v) is 10.2. The molecule has 48 heavy (non-hydrogen) atoms. The number of allylic oxidation sites excluding steroid dienone is 1. The van der Waals surface area contributed by atoms with Gasteiger partial charge in [0.15, 0.2) is 0 Å². The summed E-state index contributed by atoms with van der Waals surface area (Å²) in [4.78, 5) is 14.9. The molecule has 0 radical (unpaired) electrons. The first kappa shape index (κ1) is 32.3. The molecule has 2 aromatic carbocycles. The van der Waals surface area contributed by atoms with Crippen LogP contribution in [0.3, 0.4) is 0 Å². The van der Waals surface area contributed by atoms with Crippen molar-refractivity contribution in [1.29, 1.82) is 0 Å². The van der Waals surface area contributed by atoms with Crippen molar-refractivity contribution in [1.82, 2.24) is 24.3 Å². The highest BCUT2D eigenvalue weighted by Crippen LogP contribution is 2.37. The van der Waals surface area contributed by atoms with Gasteiger partial charge in [0.2, 0.25) is 0 Å². The van der Waals surface area contributed by atoms with Crippen molar-refractivity contribution < 1.29 is 14.6 Å². The van der Waals surface area contributed by atoms with E-state index in [1.807, 2.05) is 42.1 Å². The number of carboxylic acids is 1. The number of rotatable bonds is 1. The summed E-state index contributed by atoms with van der Waals surface area (Å²) in [6.45, 7) is 3.63.